The maximum Gasteiger partial charge on any atom is 0.256 e. The van der Waals surface area contributed by atoms with Crippen molar-refractivity contribution in [3.8, 4) is 0 Å². The molecule has 2 atom stereocenters. The predicted molar refractivity (Wildman–Crippen MR) is 65.9 cm³/mol. The van der Waals surface area contributed by atoms with Gasteiger partial charge in [0.1, 0.15) is 6.10 Å². The third-order valence-electron chi connectivity index (χ3n) is 3.39. The van der Waals surface area contributed by atoms with Crippen molar-refractivity contribution < 1.29 is 9.63 Å². The Morgan fingerprint density at radius 3 is 3.00 bits per heavy atom. The van der Waals surface area contributed by atoms with Gasteiger partial charge >= 0.3 is 0 Å². The average Bonchev–Trinajstić information content (AvgIpc) is 2.81. The van der Waals surface area contributed by atoms with Gasteiger partial charge in [0, 0.05) is 38.6 Å². The molecule has 0 spiro atoms. The first-order valence-electron chi connectivity index (χ1n) is 6.19. The summed E-state index contributed by atoms with van der Waals surface area (Å²) in [4.78, 5) is 8.77. The minimum absolute atomic E-state index is 0.0910. The van der Waals surface area contributed by atoms with Crippen molar-refractivity contribution in [2.45, 2.75) is 18.6 Å². The number of aliphatic hydroxyl groups is 1. The Balaban J connectivity index is 1.98. The quantitative estimate of drug-likeness (QED) is 0.702. The summed E-state index contributed by atoms with van der Waals surface area (Å²) in [6, 6.07) is 0.379. The van der Waals surface area contributed by atoms with E-state index in [-0.39, 0.29) is 12.4 Å². The fourth-order valence-corrected chi connectivity index (χ4v) is 2.12. The van der Waals surface area contributed by atoms with Crippen LogP contribution < -0.4 is 5.73 Å². The number of aliphatic hydroxyl groups excluding tert-OH is 1. The summed E-state index contributed by atoms with van der Waals surface area (Å²) in [6.07, 6.45) is -0.139. The number of likely N-dealkylation sites (N-methyl/N-ethyl adjacent to an activating group) is 2. The molecule has 2 rings (SSSR count). The highest BCUT2D eigenvalue weighted by Crippen LogP contribution is 2.13. The molecule has 1 aromatic rings. The van der Waals surface area contributed by atoms with Crippen molar-refractivity contribution in [3.05, 3.63) is 11.7 Å². The Kier molecular flexibility index (Phi) is 4.28. The van der Waals surface area contributed by atoms with Gasteiger partial charge in [-0.05, 0) is 14.1 Å². The summed E-state index contributed by atoms with van der Waals surface area (Å²) >= 11 is 0. The van der Waals surface area contributed by atoms with E-state index in [2.05, 4.69) is 34.0 Å². The molecular formula is C11H21N5O2. The molecule has 1 aromatic heterocycles. The fourth-order valence-electron chi connectivity index (χ4n) is 2.12. The lowest BCUT2D eigenvalue weighted by atomic mass is 10.1. The van der Waals surface area contributed by atoms with Gasteiger partial charge in [0.2, 0.25) is 0 Å². The lowest BCUT2D eigenvalue weighted by Gasteiger charge is -2.37. The Labute approximate surface area is 107 Å². The number of hydrogen-bond donors (Lipinski definition) is 2. The number of nitrogens with two attached hydrogens (primary N) is 1. The molecular weight excluding hydrogens is 234 g/mol. The first-order valence-corrected chi connectivity index (χ1v) is 6.19. The lowest BCUT2D eigenvalue weighted by molar-refractivity contribution is 0.113. The predicted octanol–water partition coefficient (Wildman–Crippen LogP) is -1.15. The smallest absolute Gasteiger partial charge is 0.256 e. The van der Waals surface area contributed by atoms with Gasteiger partial charge in [0.05, 0.1) is 0 Å². The van der Waals surface area contributed by atoms with Crippen molar-refractivity contribution in [3.63, 3.8) is 0 Å². The minimum atomic E-state index is -0.863. The minimum Gasteiger partial charge on any atom is -0.382 e. The molecule has 3 N–H and O–H groups in total. The third kappa shape index (κ3) is 3.05. The second kappa shape index (κ2) is 5.75. The van der Waals surface area contributed by atoms with Gasteiger partial charge in [-0.2, -0.15) is 4.98 Å². The molecule has 18 heavy (non-hydrogen) atoms. The van der Waals surface area contributed by atoms with Crippen LogP contribution in [0.1, 0.15) is 17.8 Å². The van der Waals surface area contributed by atoms with Crippen LogP contribution in [0.5, 0.6) is 0 Å². The maximum absolute atomic E-state index is 9.50. The van der Waals surface area contributed by atoms with E-state index in [4.69, 9.17) is 10.3 Å². The molecule has 7 nitrogen and oxygen atoms in total. The number of nitrogens with zero attached hydrogens (tertiary/aromatic N) is 4. The summed E-state index contributed by atoms with van der Waals surface area (Å²) in [5.74, 6) is 0.837. The first-order chi connectivity index (χ1) is 8.60. The number of piperazine rings is 1. The number of rotatable bonds is 4. The van der Waals surface area contributed by atoms with E-state index in [1.54, 1.807) is 0 Å². The molecule has 0 bridgehead atoms. The Morgan fingerprint density at radius 1 is 1.50 bits per heavy atom. The second-order valence-corrected chi connectivity index (χ2v) is 4.90. The molecule has 0 saturated carbocycles. The van der Waals surface area contributed by atoms with E-state index in [1.165, 1.54) is 0 Å². The molecule has 1 fully saturated rings. The van der Waals surface area contributed by atoms with Crippen LogP contribution in [0.4, 0.5) is 0 Å². The largest absolute Gasteiger partial charge is 0.382 e. The van der Waals surface area contributed by atoms with Crippen LogP contribution in [-0.2, 0) is 6.42 Å². The normalized spacial score (nSPS) is 24.3. The highest BCUT2D eigenvalue weighted by molar-refractivity contribution is 4.95. The zero-order valence-corrected chi connectivity index (χ0v) is 10.9. The van der Waals surface area contributed by atoms with Crippen LogP contribution in [0.15, 0.2) is 4.52 Å². The van der Waals surface area contributed by atoms with Gasteiger partial charge in [0.25, 0.3) is 5.89 Å². The van der Waals surface area contributed by atoms with Crippen LogP contribution in [0.2, 0.25) is 0 Å². The summed E-state index contributed by atoms with van der Waals surface area (Å²) in [6.45, 7) is 3.20. The standard InChI is InChI=1S/C11H21N5O2/c1-15-3-4-16(2)8(7-15)5-10-13-11(18-14-10)9(17)6-12/h8-9,17H,3-7,12H2,1-2H3/t8?,9-/m0/s1. The van der Waals surface area contributed by atoms with Gasteiger partial charge in [-0.3, -0.25) is 0 Å². The monoisotopic (exact) mass is 255 g/mol. The van der Waals surface area contributed by atoms with Crippen molar-refractivity contribution >= 4 is 0 Å². The Bertz CT molecular complexity index is 383. The molecule has 2 heterocycles. The van der Waals surface area contributed by atoms with Crippen molar-refractivity contribution in [1.29, 1.82) is 0 Å². The summed E-state index contributed by atoms with van der Waals surface area (Å²) in [5.41, 5.74) is 5.35. The topological polar surface area (TPSA) is 91.7 Å². The molecule has 1 saturated heterocycles. The average molecular weight is 255 g/mol. The van der Waals surface area contributed by atoms with E-state index < -0.39 is 6.10 Å². The van der Waals surface area contributed by atoms with E-state index in [0.717, 1.165) is 26.1 Å². The van der Waals surface area contributed by atoms with E-state index >= 15 is 0 Å². The van der Waals surface area contributed by atoms with Gasteiger partial charge in [0.15, 0.2) is 5.82 Å². The molecule has 1 aliphatic rings. The molecule has 0 radical (unpaired) electrons. The van der Waals surface area contributed by atoms with Crippen molar-refractivity contribution in [2.75, 3.05) is 40.3 Å². The number of hydrogen-bond acceptors (Lipinski definition) is 7. The van der Waals surface area contributed by atoms with Crippen LogP contribution in [-0.4, -0.2) is 71.4 Å². The van der Waals surface area contributed by atoms with Gasteiger partial charge in [-0.1, -0.05) is 5.16 Å². The second-order valence-electron chi connectivity index (χ2n) is 4.90. The van der Waals surface area contributed by atoms with Gasteiger partial charge in [-0.25, -0.2) is 0 Å². The molecule has 0 aliphatic carbocycles. The SMILES string of the molecule is CN1CCN(C)C(Cc2noc([C@@H](O)CN)n2)C1. The Morgan fingerprint density at radius 2 is 2.28 bits per heavy atom. The van der Waals surface area contributed by atoms with Crippen LogP contribution in [0.25, 0.3) is 0 Å². The first kappa shape index (κ1) is 13.4. The summed E-state index contributed by atoms with van der Waals surface area (Å²) in [5, 5.41) is 13.4. The summed E-state index contributed by atoms with van der Waals surface area (Å²) < 4.78 is 5.00. The molecule has 0 aromatic carbocycles. The summed E-state index contributed by atoms with van der Waals surface area (Å²) in [7, 11) is 4.22. The van der Waals surface area contributed by atoms with Gasteiger partial charge < -0.3 is 25.2 Å². The van der Waals surface area contributed by atoms with Gasteiger partial charge in [-0.15, -0.1) is 0 Å². The zero-order chi connectivity index (χ0) is 13.1. The molecule has 7 heteroatoms. The number of aromatic nitrogens is 2. The highest BCUT2D eigenvalue weighted by Gasteiger charge is 2.24. The van der Waals surface area contributed by atoms with Crippen molar-refractivity contribution in [1.82, 2.24) is 19.9 Å². The fraction of sp³-hybridized carbons (Fsp3) is 0.818. The van der Waals surface area contributed by atoms with E-state index in [1.807, 2.05) is 0 Å². The van der Waals surface area contributed by atoms with Crippen LogP contribution in [0.3, 0.4) is 0 Å². The zero-order valence-electron chi connectivity index (χ0n) is 10.9. The molecule has 1 aliphatic heterocycles. The van der Waals surface area contributed by atoms with Crippen LogP contribution in [0, 0.1) is 0 Å². The highest BCUT2D eigenvalue weighted by atomic mass is 16.5. The van der Waals surface area contributed by atoms with Crippen LogP contribution >= 0.6 is 0 Å². The van der Waals surface area contributed by atoms with E-state index in [9.17, 15) is 5.11 Å². The molecule has 0 amide bonds. The van der Waals surface area contributed by atoms with Crippen molar-refractivity contribution in [2.24, 2.45) is 5.73 Å². The Hall–Kier alpha value is -1.02. The van der Waals surface area contributed by atoms with E-state index in [0.29, 0.717) is 11.9 Å². The maximum atomic E-state index is 9.50. The molecule has 102 valence electrons. The third-order valence-corrected chi connectivity index (χ3v) is 3.39. The lowest BCUT2D eigenvalue weighted by Crippen LogP contribution is -2.50. The molecule has 1 unspecified atom stereocenters.